The molecule has 0 radical (unpaired) electrons. The molecule has 7 nitrogen and oxygen atoms in total. The van der Waals surface area contributed by atoms with Crippen molar-refractivity contribution in [2.24, 2.45) is 0 Å². The highest BCUT2D eigenvalue weighted by Crippen LogP contribution is 2.34. The van der Waals surface area contributed by atoms with Crippen molar-refractivity contribution in [3.63, 3.8) is 0 Å². The fourth-order valence-corrected chi connectivity index (χ4v) is 4.35. The van der Waals surface area contributed by atoms with E-state index in [0.717, 1.165) is 50.5 Å². The fourth-order valence-electron chi connectivity index (χ4n) is 3.40. The molecule has 0 aliphatic carbocycles. The summed E-state index contributed by atoms with van der Waals surface area (Å²) in [6.07, 6.45) is 4.38. The van der Waals surface area contributed by atoms with E-state index in [0.29, 0.717) is 9.79 Å². The zero-order valence-corrected chi connectivity index (χ0v) is 17.8. The maximum absolute atomic E-state index is 14.0. The van der Waals surface area contributed by atoms with Crippen LogP contribution in [0, 0.1) is 15.9 Å². The monoisotopic (exact) mass is 445 g/mol. The van der Waals surface area contributed by atoms with Gasteiger partial charge >= 0.3 is 0 Å². The summed E-state index contributed by atoms with van der Waals surface area (Å²) >= 11 is 1.02. The van der Waals surface area contributed by atoms with E-state index in [2.05, 4.69) is 5.32 Å². The minimum Gasteiger partial charge on any atom is -0.351 e. The van der Waals surface area contributed by atoms with Crippen LogP contribution in [0.4, 0.5) is 10.1 Å². The molecule has 0 spiro atoms. The molecular formula is C22H24FN3O4S. The smallest absolute Gasteiger partial charge is 0.270 e. The number of nitro benzene ring substituents is 1. The number of likely N-dealkylation sites (tertiary alicyclic amines) is 1. The molecule has 0 saturated carbocycles. The average molecular weight is 446 g/mol. The Balaban J connectivity index is 1.69. The first-order valence-corrected chi connectivity index (χ1v) is 11.0. The molecule has 1 fully saturated rings. The zero-order valence-electron chi connectivity index (χ0n) is 17.0. The lowest BCUT2D eigenvalue weighted by molar-refractivity contribution is -0.384. The van der Waals surface area contributed by atoms with Crippen LogP contribution >= 0.6 is 11.8 Å². The summed E-state index contributed by atoms with van der Waals surface area (Å²) in [7, 11) is 0. The van der Waals surface area contributed by atoms with Gasteiger partial charge in [0.05, 0.1) is 10.5 Å². The fraction of sp³-hybridized carbons (Fsp3) is 0.364. The molecule has 3 rings (SSSR count). The Bertz CT molecular complexity index is 962. The van der Waals surface area contributed by atoms with Crippen molar-refractivity contribution in [3.8, 4) is 0 Å². The summed E-state index contributed by atoms with van der Waals surface area (Å²) in [6, 6.07) is 10.0. The first kappa shape index (κ1) is 22.7. The van der Waals surface area contributed by atoms with Crippen molar-refractivity contribution in [2.75, 3.05) is 19.6 Å². The molecule has 1 aliphatic heterocycles. The van der Waals surface area contributed by atoms with Gasteiger partial charge in [-0.3, -0.25) is 19.7 Å². The number of hydrogen-bond acceptors (Lipinski definition) is 5. The van der Waals surface area contributed by atoms with E-state index in [1.807, 2.05) is 4.90 Å². The third-order valence-corrected chi connectivity index (χ3v) is 6.19. The standard InChI is InChI=1S/C22H24FN3O4S/c23-18-7-3-4-8-20(18)31-19-10-9-16(26(29)30)15-17(19)22(28)24-12-11-21(27)25-13-5-1-2-6-14-25/h3-4,7-10,15H,1-2,5-6,11-14H2,(H,24,28). The molecular weight excluding hydrogens is 421 g/mol. The van der Waals surface area contributed by atoms with Crippen molar-refractivity contribution in [3.05, 3.63) is 64.0 Å². The number of benzene rings is 2. The van der Waals surface area contributed by atoms with E-state index in [1.165, 1.54) is 24.3 Å². The summed E-state index contributed by atoms with van der Waals surface area (Å²) in [5, 5.41) is 13.8. The van der Waals surface area contributed by atoms with Gasteiger partial charge in [-0.2, -0.15) is 0 Å². The second-order valence-corrected chi connectivity index (χ2v) is 8.35. The Morgan fingerprint density at radius 2 is 1.77 bits per heavy atom. The molecule has 0 bridgehead atoms. The molecule has 2 aromatic rings. The highest BCUT2D eigenvalue weighted by Gasteiger charge is 2.20. The molecule has 0 aromatic heterocycles. The summed E-state index contributed by atoms with van der Waals surface area (Å²) < 4.78 is 14.0. The Labute approximate surface area is 184 Å². The number of non-ortho nitro benzene ring substituents is 1. The molecule has 2 amide bonds. The number of nitro groups is 1. The Morgan fingerprint density at radius 1 is 1.06 bits per heavy atom. The predicted molar refractivity (Wildman–Crippen MR) is 116 cm³/mol. The number of nitrogens with zero attached hydrogens (tertiary/aromatic N) is 2. The molecule has 2 aromatic carbocycles. The van der Waals surface area contributed by atoms with Gasteiger partial charge in [0.25, 0.3) is 11.6 Å². The minimum absolute atomic E-state index is 0.0119. The van der Waals surface area contributed by atoms with Gasteiger partial charge in [0.15, 0.2) is 0 Å². The van der Waals surface area contributed by atoms with Crippen LogP contribution in [0.1, 0.15) is 42.5 Å². The molecule has 0 atom stereocenters. The van der Waals surface area contributed by atoms with E-state index in [1.54, 1.807) is 18.2 Å². The molecule has 31 heavy (non-hydrogen) atoms. The third-order valence-electron chi connectivity index (χ3n) is 5.06. The average Bonchev–Trinajstić information content (AvgIpc) is 3.05. The molecule has 0 unspecified atom stereocenters. The van der Waals surface area contributed by atoms with Crippen LogP contribution in [0.15, 0.2) is 52.3 Å². The summed E-state index contributed by atoms with van der Waals surface area (Å²) in [5.74, 6) is -0.992. The number of amides is 2. The lowest BCUT2D eigenvalue weighted by Gasteiger charge is -2.20. The number of carbonyl (C=O) groups excluding carboxylic acids is 2. The summed E-state index contributed by atoms with van der Waals surface area (Å²) in [6.45, 7) is 1.60. The number of nitrogens with one attached hydrogen (secondary N) is 1. The van der Waals surface area contributed by atoms with Crippen molar-refractivity contribution >= 4 is 29.3 Å². The van der Waals surface area contributed by atoms with E-state index < -0.39 is 16.6 Å². The zero-order chi connectivity index (χ0) is 22.2. The summed E-state index contributed by atoms with van der Waals surface area (Å²) in [5.41, 5.74) is -0.159. The lowest BCUT2D eigenvalue weighted by Crippen LogP contribution is -2.35. The van der Waals surface area contributed by atoms with E-state index in [9.17, 15) is 24.1 Å². The first-order chi connectivity index (χ1) is 15.0. The van der Waals surface area contributed by atoms with Crippen molar-refractivity contribution in [1.82, 2.24) is 10.2 Å². The normalized spacial score (nSPS) is 14.0. The molecule has 1 saturated heterocycles. The van der Waals surface area contributed by atoms with E-state index in [4.69, 9.17) is 0 Å². The topological polar surface area (TPSA) is 92.6 Å². The van der Waals surface area contributed by atoms with Gasteiger partial charge in [0.1, 0.15) is 5.82 Å². The Morgan fingerprint density at radius 3 is 2.45 bits per heavy atom. The van der Waals surface area contributed by atoms with Crippen molar-refractivity contribution < 1.29 is 18.9 Å². The van der Waals surface area contributed by atoms with Gasteiger partial charge in [-0.15, -0.1) is 0 Å². The molecule has 1 heterocycles. The third kappa shape index (κ3) is 6.27. The van der Waals surface area contributed by atoms with Crippen molar-refractivity contribution in [1.29, 1.82) is 0 Å². The van der Waals surface area contributed by atoms with Crippen LogP contribution in [-0.2, 0) is 4.79 Å². The predicted octanol–water partition coefficient (Wildman–Crippen LogP) is 4.41. The van der Waals surface area contributed by atoms with Crippen LogP contribution < -0.4 is 5.32 Å². The minimum atomic E-state index is -0.586. The SMILES string of the molecule is O=C(NCCC(=O)N1CCCCCC1)c1cc([N+](=O)[O-])ccc1Sc1ccccc1F. The van der Waals surface area contributed by atoms with Gasteiger partial charge in [0, 0.05) is 48.0 Å². The Kier molecular flexibility index (Phi) is 8.00. The Hall–Kier alpha value is -2.94. The second-order valence-electron chi connectivity index (χ2n) is 7.27. The van der Waals surface area contributed by atoms with Gasteiger partial charge in [-0.25, -0.2) is 4.39 Å². The van der Waals surface area contributed by atoms with E-state index in [-0.39, 0.29) is 30.1 Å². The second kappa shape index (κ2) is 10.9. The highest BCUT2D eigenvalue weighted by molar-refractivity contribution is 7.99. The molecule has 164 valence electrons. The summed E-state index contributed by atoms with van der Waals surface area (Å²) in [4.78, 5) is 38.3. The van der Waals surface area contributed by atoms with Gasteiger partial charge in [-0.1, -0.05) is 36.7 Å². The van der Waals surface area contributed by atoms with Crippen LogP contribution in [0.3, 0.4) is 0 Å². The molecule has 9 heteroatoms. The molecule has 1 N–H and O–H groups in total. The van der Waals surface area contributed by atoms with E-state index >= 15 is 0 Å². The van der Waals surface area contributed by atoms with Gasteiger partial charge in [-0.05, 0) is 31.0 Å². The number of rotatable bonds is 7. The van der Waals surface area contributed by atoms with Gasteiger partial charge in [0.2, 0.25) is 5.91 Å². The quantitative estimate of drug-likeness (QED) is 0.503. The maximum Gasteiger partial charge on any atom is 0.270 e. The highest BCUT2D eigenvalue weighted by atomic mass is 32.2. The number of hydrogen-bond donors (Lipinski definition) is 1. The first-order valence-electron chi connectivity index (χ1n) is 10.2. The van der Waals surface area contributed by atoms with Crippen LogP contribution in [-0.4, -0.2) is 41.3 Å². The number of halogens is 1. The van der Waals surface area contributed by atoms with Gasteiger partial charge < -0.3 is 10.2 Å². The molecule has 1 aliphatic rings. The van der Waals surface area contributed by atoms with Crippen molar-refractivity contribution in [2.45, 2.75) is 41.9 Å². The van der Waals surface area contributed by atoms with Crippen LogP contribution in [0.5, 0.6) is 0 Å². The van der Waals surface area contributed by atoms with Crippen LogP contribution in [0.25, 0.3) is 0 Å². The number of carbonyl (C=O) groups is 2. The lowest BCUT2D eigenvalue weighted by atomic mass is 10.2. The largest absolute Gasteiger partial charge is 0.351 e. The van der Waals surface area contributed by atoms with Crippen LogP contribution in [0.2, 0.25) is 0 Å². The maximum atomic E-state index is 14.0.